The number of hydrogen-bond donors (Lipinski definition) is 3. The molecule has 1 amide bonds. The maximum absolute atomic E-state index is 11.4. The van der Waals surface area contributed by atoms with Crippen LogP contribution in [0.5, 0.6) is 0 Å². The van der Waals surface area contributed by atoms with E-state index in [-0.39, 0.29) is 11.8 Å². The number of aliphatic imine (C=N–C) groups is 1. The number of nitrogens with one attached hydrogen (secondary N) is 3. The minimum absolute atomic E-state index is 0.0174. The smallest absolute Gasteiger partial charge is 0.222 e. The monoisotopic (exact) mass is 325 g/mol. The summed E-state index contributed by atoms with van der Waals surface area (Å²) < 4.78 is 0. The zero-order chi connectivity index (χ0) is 16.4. The Hall–Kier alpha value is -1.63. The summed E-state index contributed by atoms with van der Waals surface area (Å²) in [6.07, 6.45) is 3.87. The molecule has 0 radical (unpaired) electrons. The van der Waals surface area contributed by atoms with Crippen LogP contribution < -0.4 is 16.0 Å². The topological polar surface area (TPSA) is 78.4 Å². The average molecular weight is 325 g/mol. The zero-order valence-electron chi connectivity index (χ0n) is 13.9. The SMILES string of the molecule is CCc1cnc(CCNC(=NC)NCCNC(=O)C(C)C)s1. The van der Waals surface area contributed by atoms with E-state index < -0.39 is 0 Å². The molecule has 0 saturated heterocycles. The maximum atomic E-state index is 11.4. The number of guanidine groups is 1. The van der Waals surface area contributed by atoms with E-state index in [2.05, 4.69) is 32.9 Å². The van der Waals surface area contributed by atoms with Crippen molar-refractivity contribution in [3.05, 3.63) is 16.1 Å². The van der Waals surface area contributed by atoms with E-state index in [1.807, 2.05) is 20.0 Å². The molecule has 0 spiro atoms. The molecule has 0 aromatic carbocycles. The molecule has 1 rings (SSSR count). The summed E-state index contributed by atoms with van der Waals surface area (Å²) in [5.41, 5.74) is 0. The number of nitrogens with zero attached hydrogens (tertiary/aromatic N) is 2. The third kappa shape index (κ3) is 6.89. The molecule has 0 bridgehead atoms. The van der Waals surface area contributed by atoms with Gasteiger partial charge in [-0.25, -0.2) is 4.98 Å². The number of rotatable bonds is 8. The van der Waals surface area contributed by atoms with Crippen molar-refractivity contribution in [1.29, 1.82) is 0 Å². The third-order valence-corrected chi connectivity index (χ3v) is 4.25. The summed E-state index contributed by atoms with van der Waals surface area (Å²) >= 11 is 1.76. The van der Waals surface area contributed by atoms with Gasteiger partial charge in [0, 0.05) is 50.1 Å². The van der Waals surface area contributed by atoms with Gasteiger partial charge in [0.15, 0.2) is 5.96 Å². The van der Waals surface area contributed by atoms with Crippen LogP contribution in [0.1, 0.15) is 30.7 Å². The van der Waals surface area contributed by atoms with Crippen LogP contribution in [0.2, 0.25) is 0 Å². The van der Waals surface area contributed by atoms with Crippen molar-refractivity contribution in [2.75, 3.05) is 26.7 Å². The lowest BCUT2D eigenvalue weighted by atomic mass is 10.2. The van der Waals surface area contributed by atoms with Crippen molar-refractivity contribution < 1.29 is 4.79 Å². The molecular weight excluding hydrogens is 298 g/mol. The van der Waals surface area contributed by atoms with Gasteiger partial charge >= 0.3 is 0 Å². The standard InChI is InChI=1S/C15H27N5OS/c1-5-12-10-20-13(22-12)6-7-18-15(16-4)19-9-8-17-14(21)11(2)3/h10-11H,5-9H2,1-4H3,(H,17,21)(H2,16,18,19). The van der Waals surface area contributed by atoms with Gasteiger partial charge in [-0.1, -0.05) is 20.8 Å². The molecule has 0 saturated carbocycles. The lowest BCUT2D eigenvalue weighted by molar-refractivity contribution is -0.123. The molecule has 0 unspecified atom stereocenters. The van der Waals surface area contributed by atoms with E-state index in [0.717, 1.165) is 30.4 Å². The molecule has 6 nitrogen and oxygen atoms in total. The largest absolute Gasteiger partial charge is 0.356 e. The fraction of sp³-hybridized carbons (Fsp3) is 0.667. The molecule has 1 aromatic heterocycles. The highest BCUT2D eigenvalue weighted by molar-refractivity contribution is 7.11. The van der Waals surface area contributed by atoms with E-state index in [1.165, 1.54) is 4.88 Å². The predicted octanol–water partition coefficient (Wildman–Crippen LogP) is 1.19. The van der Waals surface area contributed by atoms with E-state index in [1.54, 1.807) is 18.4 Å². The molecule has 3 N–H and O–H groups in total. The van der Waals surface area contributed by atoms with E-state index in [9.17, 15) is 4.79 Å². The van der Waals surface area contributed by atoms with Crippen LogP contribution in [0.4, 0.5) is 0 Å². The van der Waals surface area contributed by atoms with Gasteiger partial charge in [-0.2, -0.15) is 0 Å². The Morgan fingerprint density at radius 2 is 1.95 bits per heavy atom. The number of carbonyl (C=O) groups is 1. The second-order valence-corrected chi connectivity index (χ2v) is 6.40. The first kappa shape index (κ1) is 18.4. The normalized spacial score (nSPS) is 11.6. The van der Waals surface area contributed by atoms with Gasteiger partial charge in [0.1, 0.15) is 0 Å². The molecule has 124 valence electrons. The first-order valence-corrected chi connectivity index (χ1v) is 8.54. The summed E-state index contributed by atoms with van der Waals surface area (Å²) in [6.45, 7) is 7.92. The molecule has 7 heteroatoms. The Kier molecular flexibility index (Phi) is 8.50. The number of aryl methyl sites for hydroxylation is 1. The fourth-order valence-corrected chi connectivity index (χ4v) is 2.57. The number of hydrogen-bond acceptors (Lipinski definition) is 4. The Labute approximate surface area is 136 Å². The minimum Gasteiger partial charge on any atom is -0.356 e. The molecule has 0 aliphatic carbocycles. The number of amides is 1. The summed E-state index contributed by atoms with van der Waals surface area (Å²) in [5, 5.41) is 10.4. The Morgan fingerprint density at radius 3 is 2.55 bits per heavy atom. The Morgan fingerprint density at radius 1 is 1.27 bits per heavy atom. The molecule has 22 heavy (non-hydrogen) atoms. The minimum atomic E-state index is 0.0174. The van der Waals surface area contributed by atoms with Crippen molar-refractivity contribution in [2.24, 2.45) is 10.9 Å². The molecule has 1 heterocycles. The first-order valence-electron chi connectivity index (χ1n) is 7.72. The Balaban J connectivity index is 2.18. The van der Waals surface area contributed by atoms with Gasteiger partial charge in [-0.3, -0.25) is 9.79 Å². The summed E-state index contributed by atoms with van der Waals surface area (Å²) in [7, 11) is 1.74. The van der Waals surface area contributed by atoms with Gasteiger partial charge in [-0.05, 0) is 6.42 Å². The second kappa shape index (κ2) is 10.2. The predicted molar refractivity (Wildman–Crippen MR) is 92.4 cm³/mol. The quantitative estimate of drug-likeness (QED) is 0.381. The van der Waals surface area contributed by atoms with Gasteiger partial charge in [0.25, 0.3) is 0 Å². The highest BCUT2D eigenvalue weighted by Crippen LogP contribution is 2.13. The summed E-state index contributed by atoms with van der Waals surface area (Å²) in [4.78, 5) is 21.3. The number of carbonyl (C=O) groups excluding carboxylic acids is 1. The highest BCUT2D eigenvalue weighted by atomic mass is 32.1. The first-order chi connectivity index (χ1) is 10.6. The molecule has 1 aromatic rings. The summed E-state index contributed by atoms with van der Waals surface area (Å²) in [5.74, 6) is 0.829. The van der Waals surface area contributed by atoms with Gasteiger partial charge in [0.2, 0.25) is 5.91 Å². The zero-order valence-corrected chi connectivity index (χ0v) is 14.7. The lowest BCUT2D eigenvalue weighted by Crippen LogP contribution is -2.42. The van der Waals surface area contributed by atoms with Crippen LogP contribution in [-0.2, 0) is 17.6 Å². The van der Waals surface area contributed by atoms with Crippen molar-refractivity contribution in [3.8, 4) is 0 Å². The van der Waals surface area contributed by atoms with Crippen LogP contribution >= 0.6 is 11.3 Å². The maximum Gasteiger partial charge on any atom is 0.222 e. The molecule has 0 aliphatic heterocycles. The molecule has 0 atom stereocenters. The van der Waals surface area contributed by atoms with Gasteiger partial charge < -0.3 is 16.0 Å². The van der Waals surface area contributed by atoms with Crippen LogP contribution in [0.15, 0.2) is 11.2 Å². The molecule has 0 fully saturated rings. The molecular formula is C15H27N5OS. The second-order valence-electron chi connectivity index (χ2n) is 5.20. The van der Waals surface area contributed by atoms with Crippen molar-refractivity contribution >= 4 is 23.2 Å². The van der Waals surface area contributed by atoms with Gasteiger partial charge in [-0.15, -0.1) is 11.3 Å². The van der Waals surface area contributed by atoms with Gasteiger partial charge in [0.05, 0.1) is 5.01 Å². The van der Waals surface area contributed by atoms with Crippen molar-refractivity contribution in [3.63, 3.8) is 0 Å². The lowest BCUT2D eigenvalue weighted by Gasteiger charge is -2.12. The highest BCUT2D eigenvalue weighted by Gasteiger charge is 2.05. The molecule has 0 aliphatic rings. The van der Waals surface area contributed by atoms with E-state index in [4.69, 9.17) is 0 Å². The fourth-order valence-electron chi connectivity index (χ4n) is 1.71. The van der Waals surface area contributed by atoms with Crippen LogP contribution in [0.25, 0.3) is 0 Å². The van der Waals surface area contributed by atoms with Crippen molar-refractivity contribution in [1.82, 2.24) is 20.9 Å². The number of aromatic nitrogens is 1. The number of thiazole rings is 1. The van der Waals surface area contributed by atoms with E-state index >= 15 is 0 Å². The summed E-state index contributed by atoms with van der Waals surface area (Å²) in [6, 6.07) is 0. The average Bonchev–Trinajstić information content (AvgIpc) is 2.97. The Bertz CT molecular complexity index is 484. The van der Waals surface area contributed by atoms with Crippen molar-refractivity contribution in [2.45, 2.75) is 33.6 Å². The van der Waals surface area contributed by atoms with Crippen LogP contribution in [-0.4, -0.2) is 43.5 Å². The van der Waals surface area contributed by atoms with Crippen LogP contribution in [0.3, 0.4) is 0 Å². The van der Waals surface area contributed by atoms with E-state index in [0.29, 0.717) is 13.1 Å². The van der Waals surface area contributed by atoms with Crippen LogP contribution in [0, 0.1) is 5.92 Å². The third-order valence-electron chi connectivity index (χ3n) is 3.05.